The number of fused-ring (bicyclic) bond motifs is 1. The van der Waals surface area contributed by atoms with Crippen molar-refractivity contribution in [3.8, 4) is 0 Å². The highest BCUT2D eigenvalue weighted by Crippen LogP contribution is 2.27. The molecule has 128 valence electrons. The molecular weight excluding hydrogens is 314 g/mol. The minimum atomic E-state index is -0.0921. The SMILES string of the molecule is O=C(Nc1ccc(N2CCCC2=O)cc1)c1cccc2c1CCCN2. The van der Waals surface area contributed by atoms with E-state index in [9.17, 15) is 9.59 Å². The molecule has 4 rings (SSSR count). The van der Waals surface area contributed by atoms with Gasteiger partial charge >= 0.3 is 0 Å². The molecule has 0 unspecified atom stereocenters. The van der Waals surface area contributed by atoms with Gasteiger partial charge in [0.25, 0.3) is 5.91 Å². The summed E-state index contributed by atoms with van der Waals surface area (Å²) in [7, 11) is 0. The topological polar surface area (TPSA) is 61.4 Å². The molecule has 0 atom stereocenters. The highest BCUT2D eigenvalue weighted by molar-refractivity contribution is 6.06. The predicted octanol–water partition coefficient (Wildman–Crippen LogP) is 3.42. The van der Waals surface area contributed by atoms with E-state index in [1.54, 1.807) is 4.90 Å². The number of hydrogen-bond donors (Lipinski definition) is 2. The smallest absolute Gasteiger partial charge is 0.256 e. The Hall–Kier alpha value is -2.82. The van der Waals surface area contributed by atoms with Crippen molar-refractivity contribution in [2.75, 3.05) is 28.6 Å². The van der Waals surface area contributed by atoms with Gasteiger partial charge in [0.05, 0.1) is 0 Å². The summed E-state index contributed by atoms with van der Waals surface area (Å²) in [5, 5.41) is 6.31. The molecule has 2 heterocycles. The maximum atomic E-state index is 12.7. The second kappa shape index (κ2) is 6.59. The molecule has 0 aromatic heterocycles. The van der Waals surface area contributed by atoms with Gasteiger partial charge in [-0.1, -0.05) is 6.07 Å². The fraction of sp³-hybridized carbons (Fsp3) is 0.300. The molecular formula is C20H21N3O2. The Morgan fingerprint density at radius 1 is 1.04 bits per heavy atom. The van der Waals surface area contributed by atoms with Crippen LogP contribution in [0.3, 0.4) is 0 Å². The first-order valence-electron chi connectivity index (χ1n) is 8.80. The minimum Gasteiger partial charge on any atom is -0.385 e. The molecule has 0 aliphatic carbocycles. The van der Waals surface area contributed by atoms with Gasteiger partial charge in [0.1, 0.15) is 0 Å². The summed E-state index contributed by atoms with van der Waals surface area (Å²) in [6.45, 7) is 1.72. The Labute approximate surface area is 147 Å². The van der Waals surface area contributed by atoms with Gasteiger partial charge < -0.3 is 15.5 Å². The maximum absolute atomic E-state index is 12.7. The quantitative estimate of drug-likeness (QED) is 0.903. The zero-order chi connectivity index (χ0) is 17.2. The number of rotatable bonds is 3. The normalized spacial score (nSPS) is 16.3. The first-order chi connectivity index (χ1) is 12.2. The van der Waals surface area contributed by atoms with E-state index in [2.05, 4.69) is 10.6 Å². The first kappa shape index (κ1) is 15.7. The molecule has 0 saturated carbocycles. The summed E-state index contributed by atoms with van der Waals surface area (Å²) in [6, 6.07) is 13.3. The molecule has 25 heavy (non-hydrogen) atoms. The first-order valence-corrected chi connectivity index (χ1v) is 8.80. The van der Waals surface area contributed by atoms with Crippen LogP contribution < -0.4 is 15.5 Å². The minimum absolute atomic E-state index is 0.0921. The number of amides is 2. The second-order valence-corrected chi connectivity index (χ2v) is 6.51. The number of carbonyl (C=O) groups is 2. The molecule has 0 spiro atoms. The number of nitrogens with zero attached hydrogens (tertiary/aromatic N) is 1. The lowest BCUT2D eigenvalue weighted by Gasteiger charge is -2.20. The third kappa shape index (κ3) is 3.09. The lowest BCUT2D eigenvalue weighted by Crippen LogP contribution is -2.23. The van der Waals surface area contributed by atoms with Crippen molar-refractivity contribution >= 4 is 28.9 Å². The Morgan fingerprint density at radius 2 is 1.88 bits per heavy atom. The van der Waals surface area contributed by atoms with Crippen molar-refractivity contribution in [1.29, 1.82) is 0 Å². The van der Waals surface area contributed by atoms with Gasteiger partial charge in [-0.3, -0.25) is 9.59 Å². The van der Waals surface area contributed by atoms with Crippen LogP contribution in [0, 0.1) is 0 Å². The Morgan fingerprint density at radius 3 is 2.64 bits per heavy atom. The maximum Gasteiger partial charge on any atom is 0.256 e. The van der Waals surface area contributed by atoms with Gasteiger partial charge in [-0.2, -0.15) is 0 Å². The van der Waals surface area contributed by atoms with E-state index in [-0.39, 0.29) is 11.8 Å². The molecule has 2 aliphatic heterocycles. The van der Waals surface area contributed by atoms with E-state index in [1.165, 1.54) is 0 Å². The zero-order valence-electron chi connectivity index (χ0n) is 14.0. The predicted molar refractivity (Wildman–Crippen MR) is 99.2 cm³/mol. The van der Waals surface area contributed by atoms with E-state index in [0.717, 1.165) is 60.5 Å². The zero-order valence-corrected chi connectivity index (χ0v) is 14.0. The van der Waals surface area contributed by atoms with Crippen LogP contribution in [0.1, 0.15) is 35.2 Å². The molecule has 2 aliphatic rings. The molecule has 1 saturated heterocycles. The molecule has 2 aromatic carbocycles. The van der Waals surface area contributed by atoms with Crippen LogP contribution in [0.15, 0.2) is 42.5 Å². The largest absolute Gasteiger partial charge is 0.385 e. The van der Waals surface area contributed by atoms with Crippen molar-refractivity contribution in [3.63, 3.8) is 0 Å². The van der Waals surface area contributed by atoms with Gasteiger partial charge in [0, 0.05) is 42.1 Å². The lowest BCUT2D eigenvalue weighted by atomic mass is 9.97. The molecule has 2 amide bonds. The van der Waals surface area contributed by atoms with Gasteiger partial charge in [-0.15, -0.1) is 0 Å². The van der Waals surface area contributed by atoms with Crippen molar-refractivity contribution in [3.05, 3.63) is 53.6 Å². The molecule has 2 N–H and O–H groups in total. The molecule has 5 nitrogen and oxygen atoms in total. The number of benzene rings is 2. The molecule has 0 radical (unpaired) electrons. The summed E-state index contributed by atoms with van der Waals surface area (Å²) in [5.41, 5.74) is 4.50. The van der Waals surface area contributed by atoms with Gasteiger partial charge in [0.2, 0.25) is 5.91 Å². The van der Waals surface area contributed by atoms with E-state index in [1.807, 2.05) is 42.5 Å². The summed E-state index contributed by atoms with van der Waals surface area (Å²) >= 11 is 0. The van der Waals surface area contributed by atoms with Crippen LogP contribution >= 0.6 is 0 Å². The van der Waals surface area contributed by atoms with Crippen molar-refractivity contribution in [2.24, 2.45) is 0 Å². The van der Waals surface area contributed by atoms with Crippen LogP contribution in [0.5, 0.6) is 0 Å². The molecule has 0 bridgehead atoms. The summed E-state index contributed by atoms with van der Waals surface area (Å²) in [4.78, 5) is 26.3. The summed E-state index contributed by atoms with van der Waals surface area (Å²) in [5.74, 6) is 0.0748. The Balaban J connectivity index is 1.51. The number of nitrogens with one attached hydrogen (secondary N) is 2. The average molecular weight is 335 g/mol. The van der Waals surface area contributed by atoms with E-state index >= 15 is 0 Å². The number of carbonyl (C=O) groups excluding carboxylic acids is 2. The summed E-state index contributed by atoms with van der Waals surface area (Å²) in [6.07, 6.45) is 3.48. The summed E-state index contributed by atoms with van der Waals surface area (Å²) < 4.78 is 0. The fourth-order valence-corrected chi connectivity index (χ4v) is 3.57. The van der Waals surface area contributed by atoms with Crippen LogP contribution in [-0.4, -0.2) is 24.9 Å². The number of hydrogen-bond acceptors (Lipinski definition) is 3. The van der Waals surface area contributed by atoms with Crippen LogP contribution in [0.4, 0.5) is 17.1 Å². The van der Waals surface area contributed by atoms with Gasteiger partial charge in [0.15, 0.2) is 0 Å². The number of anilines is 3. The third-order valence-electron chi connectivity index (χ3n) is 4.85. The van der Waals surface area contributed by atoms with Crippen LogP contribution in [0.25, 0.3) is 0 Å². The standard InChI is InChI=1S/C20H21N3O2/c24-19-7-3-13-23(19)15-10-8-14(9-11-15)22-20(25)17-4-1-6-18-16(17)5-2-12-21-18/h1,4,6,8-11,21H,2-3,5,7,12-13H2,(H,22,25). The molecule has 2 aromatic rings. The van der Waals surface area contributed by atoms with Crippen molar-refractivity contribution in [1.82, 2.24) is 0 Å². The Kier molecular flexibility index (Phi) is 4.14. The van der Waals surface area contributed by atoms with E-state index in [4.69, 9.17) is 0 Å². The molecule has 1 fully saturated rings. The van der Waals surface area contributed by atoms with Crippen LogP contribution in [-0.2, 0) is 11.2 Å². The lowest BCUT2D eigenvalue weighted by molar-refractivity contribution is -0.117. The average Bonchev–Trinajstić information content (AvgIpc) is 3.08. The van der Waals surface area contributed by atoms with E-state index < -0.39 is 0 Å². The van der Waals surface area contributed by atoms with Crippen molar-refractivity contribution in [2.45, 2.75) is 25.7 Å². The highest BCUT2D eigenvalue weighted by Gasteiger charge is 2.22. The van der Waals surface area contributed by atoms with Gasteiger partial charge in [-0.05, 0) is 61.2 Å². The fourth-order valence-electron chi connectivity index (χ4n) is 3.57. The van der Waals surface area contributed by atoms with Gasteiger partial charge in [-0.25, -0.2) is 0 Å². The monoisotopic (exact) mass is 335 g/mol. The van der Waals surface area contributed by atoms with E-state index in [0.29, 0.717) is 6.42 Å². The molecule has 5 heteroatoms. The second-order valence-electron chi connectivity index (χ2n) is 6.51. The third-order valence-corrected chi connectivity index (χ3v) is 4.85. The highest BCUT2D eigenvalue weighted by atomic mass is 16.2. The van der Waals surface area contributed by atoms with Crippen molar-refractivity contribution < 1.29 is 9.59 Å². The van der Waals surface area contributed by atoms with Crippen LogP contribution in [0.2, 0.25) is 0 Å². The Bertz CT molecular complexity index is 814.